The summed E-state index contributed by atoms with van der Waals surface area (Å²) in [4.78, 5) is 14.4. The van der Waals surface area contributed by atoms with Gasteiger partial charge in [0.2, 0.25) is 0 Å². The van der Waals surface area contributed by atoms with Gasteiger partial charge in [-0.3, -0.25) is 0 Å². The minimum Gasteiger partial charge on any atom is -0.443 e. The highest BCUT2D eigenvalue weighted by Gasteiger charge is 2.40. The summed E-state index contributed by atoms with van der Waals surface area (Å²) in [6.07, 6.45) is 0.584. The maximum atomic E-state index is 12.2. The molecule has 3 atom stereocenters. The lowest BCUT2D eigenvalue weighted by molar-refractivity contribution is -0.0354. The van der Waals surface area contributed by atoms with Crippen LogP contribution in [0.4, 0.5) is 0 Å². The Morgan fingerprint density at radius 3 is 2.58 bits per heavy atom. The summed E-state index contributed by atoms with van der Waals surface area (Å²) in [5, 5.41) is 10.9. The summed E-state index contributed by atoms with van der Waals surface area (Å²) in [6, 6.07) is 9.11. The molecule has 0 bridgehead atoms. The van der Waals surface area contributed by atoms with Gasteiger partial charge in [0.15, 0.2) is 5.60 Å². The summed E-state index contributed by atoms with van der Waals surface area (Å²) in [5.41, 5.74) is -1.52. The molecule has 1 aliphatic heterocycles. The van der Waals surface area contributed by atoms with Gasteiger partial charge in [0.1, 0.15) is 5.60 Å². The Labute approximate surface area is 144 Å². The van der Waals surface area contributed by atoms with Crippen molar-refractivity contribution in [3.8, 4) is 11.8 Å². The van der Waals surface area contributed by atoms with Crippen molar-refractivity contribution >= 4 is 5.97 Å². The predicted molar refractivity (Wildman–Crippen MR) is 94.5 cm³/mol. The number of rotatable bonds is 2. The number of hydrogen-bond acceptors (Lipinski definition) is 4. The van der Waals surface area contributed by atoms with Gasteiger partial charge in [0, 0.05) is 24.9 Å². The number of nitrogens with zero attached hydrogens (tertiary/aromatic N) is 1. The number of ether oxygens (including phenoxy) is 1. The van der Waals surface area contributed by atoms with E-state index in [9.17, 15) is 9.90 Å². The first kappa shape index (κ1) is 18.5. The van der Waals surface area contributed by atoms with E-state index in [0.29, 0.717) is 12.0 Å². The minimum absolute atomic E-state index is 0.0341. The molecule has 0 aliphatic carbocycles. The Hall–Kier alpha value is -1.83. The lowest BCUT2D eigenvalue weighted by Gasteiger charge is -2.43. The molecule has 1 heterocycles. The van der Waals surface area contributed by atoms with Crippen molar-refractivity contribution < 1.29 is 14.6 Å². The zero-order valence-electron chi connectivity index (χ0n) is 15.2. The summed E-state index contributed by atoms with van der Waals surface area (Å²) in [7, 11) is 2.06. The van der Waals surface area contributed by atoms with Crippen LogP contribution in [-0.4, -0.2) is 46.8 Å². The molecule has 4 nitrogen and oxygen atoms in total. The largest absolute Gasteiger partial charge is 0.443 e. The van der Waals surface area contributed by atoms with E-state index >= 15 is 0 Å². The van der Waals surface area contributed by atoms with E-state index in [2.05, 4.69) is 30.7 Å². The number of hydrogen-bond donors (Lipinski definition) is 1. The van der Waals surface area contributed by atoms with Crippen molar-refractivity contribution in [2.45, 2.75) is 51.4 Å². The third-order valence-electron chi connectivity index (χ3n) is 4.67. The third kappa shape index (κ3) is 4.37. The summed E-state index contributed by atoms with van der Waals surface area (Å²) in [6.45, 7) is 8.36. The Morgan fingerprint density at radius 2 is 1.96 bits per heavy atom. The average molecular weight is 329 g/mol. The normalized spacial score (nSPS) is 27.9. The van der Waals surface area contributed by atoms with Crippen LogP contribution in [0.25, 0.3) is 0 Å². The van der Waals surface area contributed by atoms with Crippen molar-refractivity contribution in [2.24, 2.45) is 5.92 Å². The molecule has 1 saturated heterocycles. The van der Waals surface area contributed by atoms with Crippen LogP contribution >= 0.6 is 0 Å². The van der Waals surface area contributed by atoms with E-state index in [1.54, 1.807) is 38.1 Å². The smallest absolute Gasteiger partial charge is 0.339 e. The van der Waals surface area contributed by atoms with Crippen molar-refractivity contribution in [2.75, 3.05) is 13.6 Å². The van der Waals surface area contributed by atoms with Crippen LogP contribution in [0.15, 0.2) is 30.3 Å². The van der Waals surface area contributed by atoms with Gasteiger partial charge in [0.25, 0.3) is 0 Å². The number of piperidine rings is 1. The highest BCUT2D eigenvalue weighted by atomic mass is 16.6. The summed E-state index contributed by atoms with van der Waals surface area (Å²) >= 11 is 0. The number of likely N-dealkylation sites (tertiary alicyclic amines) is 1. The van der Waals surface area contributed by atoms with Crippen LogP contribution < -0.4 is 0 Å². The topological polar surface area (TPSA) is 49.8 Å². The molecule has 2 rings (SSSR count). The van der Waals surface area contributed by atoms with Crippen LogP contribution in [0.3, 0.4) is 0 Å². The van der Waals surface area contributed by atoms with E-state index in [1.807, 2.05) is 13.0 Å². The van der Waals surface area contributed by atoms with Gasteiger partial charge in [-0.2, -0.15) is 0 Å². The zero-order valence-corrected chi connectivity index (χ0v) is 15.2. The van der Waals surface area contributed by atoms with Gasteiger partial charge in [0.05, 0.1) is 5.56 Å². The third-order valence-corrected chi connectivity index (χ3v) is 4.67. The lowest BCUT2D eigenvalue weighted by atomic mass is 9.79. The van der Waals surface area contributed by atoms with Crippen LogP contribution in [0.5, 0.6) is 0 Å². The monoisotopic (exact) mass is 329 g/mol. The van der Waals surface area contributed by atoms with E-state index in [1.165, 1.54) is 0 Å². The van der Waals surface area contributed by atoms with E-state index < -0.39 is 17.2 Å². The van der Waals surface area contributed by atoms with Gasteiger partial charge in [-0.05, 0) is 40.0 Å². The zero-order chi connectivity index (χ0) is 18.0. The molecule has 4 heteroatoms. The SMILES string of the molecule is C[C@H]1C[C@](O)(C#CC(C)(C)OC(=O)c2ccccc2)[C@@H](C)CN1C. The number of carbonyl (C=O) groups excluding carboxylic acids is 1. The first-order valence-corrected chi connectivity index (χ1v) is 8.38. The van der Waals surface area contributed by atoms with Gasteiger partial charge in [-0.25, -0.2) is 4.79 Å². The van der Waals surface area contributed by atoms with Gasteiger partial charge >= 0.3 is 5.97 Å². The van der Waals surface area contributed by atoms with Crippen molar-refractivity contribution in [3.05, 3.63) is 35.9 Å². The maximum Gasteiger partial charge on any atom is 0.339 e. The second-order valence-electron chi connectivity index (χ2n) is 7.33. The Bertz CT molecular complexity index is 644. The van der Waals surface area contributed by atoms with Gasteiger partial charge in [-0.15, -0.1) is 0 Å². The van der Waals surface area contributed by atoms with E-state index in [4.69, 9.17) is 4.74 Å². The summed E-state index contributed by atoms with van der Waals surface area (Å²) in [5.74, 6) is 5.60. The molecule has 1 fully saturated rings. The molecule has 0 unspecified atom stereocenters. The van der Waals surface area contributed by atoms with Crippen LogP contribution in [0.2, 0.25) is 0 Å². The van der Waals surface area contributed by atoms with Crippen LogP contribution in [0, 0.1) is 17.8 Å². The highest BCUT2D eigenvalue weighted by molar-refractivity contribution is 5.89. The minimum atomic E-state index is -1.05. The highest BCUT2D eigenvalue weighted by Crippen LogP contribution is 2.30. The fourth-order valence-corrected chi connectivity index (χ4v) is 2.89. The molecular formula is C20H27NO3. The molecule has 0 radical (unpaired) electrons. The molecule has 0 saturated carbocycles. The number of benzene rings is 1. The standard InChI is InChI=1S/C20H27NO3/c1-15-14-21(5)16(2)13-20(15,23)12-11-19(3,4)24-18(22)17-9-7-6-8-10-17/h6-10,15-16,23H,13-14H2,1-5H3/t15-,16-,20+/m0/s1. The molecule has 24 heavy (non-hydrogen) atoms. The van der Waals surface area contributed by atoms with Crippen molar-refractivity contribution in [1.82, 2.24) is 4.90 Å². The molecule has 0 aromatic heterocycles. The second kappa shape index (κ2) is 6.96. The maximum absolute atomic E-state index is 12.2. The van der Waals surface area contributed by atoms with Crippen LogP contribution in [0.1, 0.15) is 44.5 Å². The number of esters is 1. The average Bonchev–Trinajstić information content (AvgIpc) is 2.52. The second-order valence-corrected chi connectivity index (χ2v) is 7.33. The van der Waals surface area contributed by atoms with Gasteiger partial charge < -0.3 is 14.7 Å². The fraction of sp³-hybridized carbons (Fsp3) is 0.550. The molecule has 130 valence electrons. The first-order valence-electron chi connectivity index (χ1n) is 8.38. The summed E-state index contributed by atoms with van der Waals surface area (Å²) < 4.78 is 5.51. The Kier molecular flexibility index (Phi) is 5.37. The Balaban J connectivity index is 2.11. The first-order chi connectivity index (χ1) is 11.1. The molecule has 1 aliphatic rings. The number of carbonyl (C=O) groups is 1. The molecular weight excluding hydrogens is 302 g/mol. The quantitative estimate of drug-likeness (QED) is 0.669. The van der Waals surface area contributed by atoms with Gasteiger partial charge in [-0.1, -0.05) is 37.0 Å². The molecule has 1 N–H and O–H groups in total. The lowest BCUT2D eigenvalue weighted by Crippen LogP contribution is -2.52. The Morgan fingerprint density at radius 1 is 1.33 bits per heavy atom. The van der Waals surface area contributed by atoms with E-state index in [0.717, 1.165) is 6.54 Å². The van der Waals surface area contributed by atoms with Crippen molar-refractivity contribution in [3.63, 3.8) is 0 Å². The molecule has 0 amide bonds. The molecule has 0 spiro atoms. The molecule has 1 aromatic rings. The molecule has 1 aromatic carbocycles. The fourth-order valence-electron chi connectivity index (χ4n) is 2.89. The number of aliphatic hydroxyl groups is 1. The van der Waals surface area contributed by atoms with Crippen LogP contribution in [-0.2, 0) is 4.74 Å². The predicted octanol–water partition coefficient (Wildman–Crippen LogP) is 2.72. The van der Waals surface area contributed by atoms with Crippen molar-refractivity contribution in [1.29, 1.82) is 0 Å². The van der Waals surface area contributed by atoms with E-state index in [-0.39, 0.29) is 12.0 Å².